The van der Waals surface area contributed by atoms with Gasteiger partial charge in [-0.1, -0.05) is 37.5 Å². The second-order valence-corrected chi connectivity index (χ2v) is 5.43. The lowest BCUT2D eigenvalue weighted by Crippen LogP contribution is -2.34. The van der Waals surface area contributed by atoms with Crippen LogP contribution in [-0.2, 0) is 0 Å². The maximum atomic E-state index is 10.4. The van der Waals surface area contributed by atoms with Crippen LogP contribution >= 0.6 is 0 Å². The van der Waals surface area contributed by atoms with Gasteiger partial charge in [0.15, 0.2) is 0 Å². The normalized spacial score (nSPS) is 20.6. The summed E-state index contributed by atoms with van der Waals surface area (Å²) in [6, 6.07) is 5.03. The fraction of sp³-hybridized carbons (Fsp3) is 0.600. The SMILES string of the molecule is Cc1cccc([C@H](N)[C@H](O)C2CCCCC2)c1O. The van der Waals surface area contributed by atoms with Crippen molar-refractivity contribution in [1.82, 2.24) is 0 Å². The van der Waals surface area contributed by atoms with Gasteiger partial charge < -0.3 is 15.9 Å². The van der Waals surface area contributed by atoms with Crippen molar-refractivity contribution in [3.63, 3.8) is 0 Å². The molecule has 1 aliphatic carbocycles. The highest BCUT2D eigenvalue weighted by Crippen LogP contribution is 2.34. The Hall–Kier alpha value is -1.06. The first-order valence-electron chi connectivity index (χ1n) is 6.83. The Kier molecular flexibility index (Phi) is 4.25. The van der Waals surface area contributed by atoms with E-state index in [1.807, 2.05) is 19.1 Å². The minimum Gasteiger partial charge on any atom is -0.507 e. The van der Waals surface area contributed by atoms with Crippen LogP contribution in [0, 0.1) is 12.8 Å². The van der Waals surface area contributed by atoms with Crippen LogP contribution in [0.25, 0.3) is 0 Å². The number of hydrogen-bond donors (Lipinski definition) is 3. The summed E-state index contributed by atoms with van der Waals surface area (Å²) >= 11 is 0. The highest BCUT2D eigenvalue weighted by atomic mass is 16.3. The van der Waals surface area contributed by atoms with E-state index in [-0.39, 0.29) is 11.7 Å². The number of aliphatic hydroxyl groups excluding tert-OH is 1. The summed E-state index contributed by atoms with van der Waals surface area (Å²) in [6.45, 7) is 1.85. The molecule has 1 aromatic carbocycles. The zero-order valence-corrected chi connectivity index (χ0v) is 11.0. The molecule has 0 bridgehead atoms. The van der Waals surface area contributed by atoms with E-state index < -0.39 is 12.1 Å². The number of aliphatic hydroxyl groups is 1. The summed E-state index contributed by atoms with van der Waals surface area (Å²) in [5.41, 5.74) is 7.59. The smallest absolute Gasteiger partial charge is 0.123 e. The lowest BCUT2D eigenvalue weighted by Gasteiger charge is -2.31. The largest absolute Gasteiger partial charge is 0.507 e. The number of hydrogen-bond acceptors (Lipinski definition) is 3. The van der Waals surface area contributed by atoms with Crippen molar-refractivity contribution in [1.29, 1.82) is 0 Å². The van der Waals surface area contributed by atoms with Gasteiger partial charge in [0, 0.05) is 5.56 Å². The van der Waals surface area contributed by atoms with E-state index in [0.717, 1.165) is 18.4 Å². The van der Waals surface area contributed by atoms with Crippen LogP contribution in [0.4, 0.5) is 0 Å². The molecule has 1 saturated carbocycles. The second kappa shape index (κ2) is 5.72. The Labute approximate surface area is 109 Å². The minimum absolute atomic E-state index is 0.222. The number of aromatic hydroxyl groups is 1. The zero-order chi connectivity index (χ0) is 13.1. The molecule has 2 rings (SSSR count). The number of phenolic OH excluding ortho intramolecular Hbond substituents is 1. The van der Waals surface area contributed by atoms with Gasteiger partial charge in [-0.15, -0.1) is 0 Å². The Bertz CT molecular complexity index is 399. The van der Waals surface area contributed by atoms with Crippen LogP contribution in [-0.4, -0.2) is 16.3 Å². The van der Waals surface area contributed by atoms with Gasteiger partial charge in [0.05, 0.1) is 12.1 Å². The topological polar surface area (TPSA) is 66.5 Å². The van der Waals surface area contributed by atoms with E-state index in [1.54, 1.807) is 6.07 Å². The zero-order valence-electron chi connectivity index (χ0n) is 11.0. The van der Waals surface area contributed by atoms with Crippen LogP contribution in [0.3, 0.4) is 0 Å². The van der Waals surface area contributed by atoms with Crippen LogP contribution in [0.1, 0.15) is 49.3 Å². The van der Waals surface area contributed by atoms with E-state index >= 15 is 0 Å². The molecule has 4 N–H and O–H groups in total. The quantitative estimate of drug-likeness (QED) is 0.771. The van der Waals surface area contributed by atoms with Crippen molar-refractivity contribution in [3.8, 4) is 5.75 Å². The number of aryl methyl sites for hydroxylation is 1. The molecule has 2 atom stereocenters. The highest BCUT2D eigenvalue weighted by molar-refractivity contribution is 5.41. The summed E-state index contributed by atoms with van der Waals surface area (Å²) in [5, 5.41) is 20.4. The second-order valence-electron chi connectivity index (χ2n) is 5.43. The van der Waals surface area contributed by atoms with E-state index in [2.05, 4.69) is 0 Å². The molecule has 0 aromatic heterocycles. The molecule has 0 heterocycles. The predicted molar refractivity (Wildman–Crippen MR) is 72.4 cm³/mol. The number of phenols is 1. The molecule has 0 radical (unpaired) electrons. The molecule has 0 aliphatic heterocycles. The molecule has 0 unspecified atom stereocenters. The van der Waals surface area contributed by atoms with Crippen LogP contribution in [0.15, 0.2) is 18.2 Å². The van der Waals surface area contributed by atoms with E-state index in [1.165, 1.54) is 19.3 Å². The van der Waals surface area contributed by atoms with Crippen molar-refractivity contribution in [3.05, 3.63) is 29.3 Å². The van der Waals surface area contributed by atoms with E-state index in [0.29, 0.717) is 5.56 Å². The van der Waals surface area contributed by atoms with Gasteiger partial charge in [0.1, 0.15) is 5.75 Å². The van der Waals surface area contributed by atoms with Gasteiger partial charge in [0.2, 0.25) is 0 Å². The number of nitrogens with two attached hydrogens (primary N) is 1. The first-order chi connectivity index (χ1) is 8.61. The van der Waals surface area contributed by atoms with E-state index in [4.69, 9.17) is 5.73 Å². The third-order valence-electron chi connectivity index (χ3n) is 4.13. The van der Waals surface area contributed by atoms with Gasteiger partial charge >= 0.3 is 0 Å². The molecule has 0 spiro atoms. The molecular formula is C15H23NO2. The van der Waals surface area contributed by atoms with Crippen molar-refractivity contribution in [2.75, 3.05) is 0 Å². The molecule has 3 nitrogen and oxygen atoms in total. The average Bonchev–Trinajstić information content (AvgIpc) is 2.41. The van der Waals surface area contributed by atoms with Crippen molar-refractivity contribution < 1.29 is 10.2 Å². The summed E-state index contributed by atoms with van der Waals surface area (Å²) in [7, 11) is 0. The van der Waals surface area contributed by atoms with Gasteiger partial charge in [-0.25, -0.2) is 0 Å². The van der Waals surface area contributed by atoms with Crippen molar-refractivity contribution in [2.45, 2.75) is 51.2 Å². The maximum Gasteiger partial charge on any atom is 0.123 e. The molecule has 1 aliphatic rings. The number of benzene rings is 1. The van der Waals surface area contributed by atoms with Crippen molar-refractivity contribution in [2.24, 2.45) is 11.7 Å². The first kappa shape index (κ1) is 13.4. The lowest BCUT2D eigenvalue weighted by atomic mass is 9.81. The molecule has 0 amide bonds. The molecule has 18 heavy (non-hydrogen) atoms. The third-order valence-corrected chi connectivity index (χ3v) is 4.13. The highest BCUT2D eigenvalue weighted by Gasteiger charge is 2.29. The van der Waals surface area contributed by atoms with Crippen molar-refractivity contribution >= 4 is 0 Å². The molecule has 1 fully saturated rings. The fourth-order valence-corrected chi connectivity index (χ4v) is 2.90. The molecular weight excluding hydrogens is 226 g/mol. The monoisotopic (exact) mass is 249 g/mol. The van der Waals surface area contributed by atoms with E-state index in [9.17, 15) is 10.2 Å². The molecule has 0 saturated heterocycles. The number of rotatable bonds is 3. The molecule has 100 valence electrons. The lowest BCUT2D eigenvalue weighted by molar-refractivity contribution is 0.0611. The predicted octanol–water partition coefficient (Wildman–Crippen LogP) is 2.64. The van der Waals surface area contributed by atoms with Crippen LogP contribution in [0.5, 0.6) is 5.75 Å². The Morgan fingerprint density at radius 1 is 1.22 bits per heavy atom. The summed E-state index contributed by atoms with van der Waals surface area (Å²) < 4.78 is 0. The molecule has 3 heteroatoms. The van der Waals surface area contributed by atoms with Gasteiger partial charge in [-0.2, -0.15) is 0 Å². The van der Waals surface area contributed by atoms with Crippen LogP contribution < -0.4 is 5.73 Å². The molecule has 1 aromatic rings. The summed E-state index contributed by atoms with van der Waals surface area (Å²) in [5.74, 6) is 0.494. The Morgan fingerprint density at radius 2 is 1.89 bits per heavy atom. The third kappa shape index (κ3) is 2.68. The Balaban J connectivity index is 2.14. The van der Waals surface area contributed by atoms with Gasteiger partial charge in [0.25, 0.3) is 0 Å². The van der Waals surface area contributed by atoms with Gasteiger partial charge in [-0.05, 0) is 31.2 Å². The van der Waals surface area contributed by atoms with Gasteiger partial charge in [-0.3, -0.25) is 0 Å². The summed E-state index contributed by atoms with van der Waals surface area (Å²) in [6.07, 6.45) is 5.14. The fourth-order valence-electron chi connectivity index (χ4n) is 2.90. The minimum atomic E-state index is -0.557. The average molecular weight is 249 g/mol. The van der Waals surface area contributed by atoms with Crippen LogP contribution in [0.2, 0.25) is 0 Å². The first-order valence-corrected chi connectivity index (χ1v) is 6.83. The number of para-hydroxylation sites is 1. The standard InChI is InChI=1S/C15H23NO2/c1-10-6-5-9-12(14(10)17)13(16)15(18)11-7-3-2-4-8-11/h5-6,9,11,13,15,17-18H,2-4,7-8,16H2,1H3/t13-,15+/m0/s1. The Morgan fingerprint density at radius 3 is 2.56 bits per heavy atom. The maximum absolute atomic E-state index is 10.4. The summed E-state index contributed by atoms with van der Waals surface area (Å²) in [4.78, 5) is 0.